The molecule has 0 aliphatic rings. The Labute approximate surface area is 146 Å². The first-order valence-corrected chi connectivity index (χ1v) is 7.97. The van der Waals surface area contributed by atoms with E-state index in [2.05, 4.69) is 15.9 Å². The molecule has 6 heteroatoms. The quantitative estimate of drug-likeness (QED) is 0.585. The van der Waals surface area contributed by atoms with Crippen LogP contribution in [0.25, 0.3) is 11.0 Å². The molecule has 1 aromatic heterocycles. The maximum Gasteiger partial charge on any atom is 0.342 e. The van der Waals surface area contributed by atoms with Crippen molar-refractivity contribution >= 4 is 32.9 Å². The molecule has 0 saturated carbocycles. The van der Waals surface area contributed by atoms with Gasteiger partial charge in [-0.25, -0.2) is 9.18 Å². The fraction of sp³-hybridized carbons (Fsp3) is 0.167. The fourth-order valence-electron chi connectivity index (χ4n) is 2.43. The topological polar surface area (TPSA) is 48.7 Å². The highest BCUT2D eigenvalue weighted by Crippen LogP contribution is 2.35. The summed E-state index contributed by atoms with van der Waals surface area (Å²) in [5.74, 6) is 0.285. The van der Waals surface area contributed by atoms with E-state index in [0.29, 0.717) is 32.5 Å². The van der Waals surface area contributed by atoms with Gasteiger partial charge >= 0.3 is 5.97 Å². The molecular weight excluding hydrogens is 379 g/mol. The molecular formula is C18H14BrFO4. The molecule has 0 aliphatic heterocycles. The summed E-state index contributed by atoms with van der Waals surface area (Å²) in [6, 6.07) is 9.55. The van der Waals surface area contributed by atoms with E-state index in [9.17, 15) is 9.18 Å². The van der Waals surface area contributed by atoms with Gasteiger partial charge in [0.15, 0.2) is 0 Å². The van der Waals surface area contributed by atoms with Crippen LogP contribution in [0.2, 0.25) is 0 Å². The van der Waals surface area contributed by atoms with Crippen LogP contribution in [0.5, 0.6) is 5.75 Å². The van der Waals surface area contributed by atoms with Crippen molar-refractivity contribution in [1.82, 2.24) is 0 Å². The van der Waals surface area contributed by atoms with Crippen molar-refractivity contribution < 1.29 is 23.1 Å². The zero-order valence-electron chi connectivity index (χ0n) is 13.1. The van der Waals surface area contributed by atoms with Crippen LogP contribution in [0.4, 0.5) is 4.39 Å². The van der Waals surface area contributed by atoms with E-state index >= 15 is 0 Å². The van der Waals surface area contributed by atoms with E-state index in [-0.39, 0.29) is 12.4 Å². The number of rotatable bonds is 4. The fourth-order valence-corrected chi connectivity index (χ4v) is 2.87. The summed E-state index contributed by atoms with van der Waals surface area (Å²) in [6.45, 7) is 1.98. The molecule has 0 aliphatic carbocycles. The molecule has 124 valence electrons. The average molecular weight is 393 g/mol. The first-order chi connectivity index (χ1) is 11.5. The Kier molecular flexibility index (Phi) is 4.57. The number of benzene rings is 2. The van der Waals surface area contributed by atoms with Crippen molar-refractivity contribution in [2.45, 2.75) is 13.5 Å². The molecule has 0 spiro atoms. The number of furan rings is 1. The highest BCUT2D eigenvalue weighted by Gasteiger charge is 2.20. The van der Waals surface area contributed by atoms with E-state index < -0.39 is 5.97 Å². The number of ether oxygens (including phenoxy) is 2. The summed E-state index contributed by atoms with van der Waals surface area (Å²) in [6.07, 6.45) is 0. The smallest absolute Gasteiger partial charge is 0.342 e. The predicted octanol–water partition coefficient (Wildman–Crippen LogP) is 5.01. The van der Waals surface area contributed by atoms with Crippen LogP contribution in [0.15, 0.2) is 45.3 Å². The van der Waals surface area contributed by atoms with Crippen LogP contribution in [0, 0.1) is 12.7 Å². The third kappa shape index (κ3) is 3.14. The van der Waals surface area contributed by atoms with Crippen LogP contribution in [-0.2, 0) is 11.3 Å². The maximum absolute atomic E-state index is 12.9. The molecule has 0 amide bonds. The van der Waals surface area contributed by atoms with Gasteiger partial charge in [0.2, 0.25) is 0 Å². The van der Waals surface area contributed by atoms with E-state index in [1.807, 2.05) is 0 Å². The average Bonchev–Trinajstić information content (AvgIpc) is 2.88. The predicted molar refractivity (Wildman–Crippen MR) is 90.7 cm³/mol. The highest BCUT2D eigenvalue weighted by atomic mass is 79.9. The van der Waals surface area contributed by atoms with Crippen LogP contribution < -0.4 is 4.74 Å². The number of halogens is 2. The van der Waals surface area contributed by atoms with Gasteiger partial charge in [-0.15, -0.1) is 0 Å². The molecule has 0 N–H and O–H groups in total. The summed E-state index contributed by atoms with van der Waals surface area (Å²) >= 11 is 3.43. The third-order valence-electron chi connectivity index (χ3n) is 3.62. The normalized spacial score (nSPS) is 10.8. The first-order valence-electron chi connectivity index (χ1n) is 7.18. The van der Waals surface area contributed by atoms with Crippen molar-refractivity contribution in [3.63, 3.8) is 0 Å². The molecule has 1 heterocycles. The molecule has 0 unspecified atom stereocenters. The van der Waals surface area contributed by atoms with Crippen molar-refractivity contribution in [1.29, 1.82) is 0 Å². The lowest BCUT2D eigenvalue weighted by molar-refractivity contribution is 0.0600. The minimum atomic E-state index is -0.460. The van der Waals surface area contributed by atoms with Crippen LogP contribution >= 0.6 is 15.9 Å². The third-order valence-corrected chi connectivity index (χ3v) is 4.24. The molecule has 0 fully saturated rings. The van der Waals surface area contributed by atoms with Gasteiger partial charge in [-0.05, 0) is 52.7 Å². The zero-order chi connectivity index (χ0) is 17.3. The SMILES string of the molecule is COC(=O)c1c(C)oc2cc(Br)c(OCc3ccc(F)cc3)cc12. The summed E-state index contributed by atoms with van der Waals surface area (Å²) < 4.78 is 29.8. The molecule has 24 heavy (non-hydrogen) atoms. The molecule has 0 radical (unpaired) electrons. The second-order valence-corrected chi connectivity index (χ2v) is 6.07. The molecule has 4 nitrogen and oxygen atoms in total. The van der Waals surface area contributed by atoms with Gasteiger partial charge in [-0.1, -0.05) is 12.1 Å². The van der Waals surface area contributed by atoms with Gasteiger partial charge in [0.25, 0.3) is 0 Å². The number of hydrogen-bond acceptors (Lipinski definition) is 4. The van der Waals surface area contributed by atoms with Crippen molar-refractivity contribution in [3.8, 4) is 5.75 Å². The lowest BCUT2D eigenvalue weighted by Crippen LogP contribution is -2.02. The number of fused-ring (bicyclic) bond motifs is 1. The van der Waals surface area contributed by atoms with E-state index in [1.165, 1.54) is 19.2 Å². The lowest BCUT2D eigenvalue weighted by atomic mass is 10.1. The number of carbonyl (C=O) groups excluding carboxylic acids is 1. The largest absolute Gasteiger partial charge is 0.488 e. The minimum Gasteiger partial charge on any atom is -0.488 e. The highest BCUT2D eigenvalue weighted by molar-refractivity contribution is 9.10. The second kappa shape index (κ2) is 6.65. The minimum absolute atomic E-state index is 0.273. The lowest BCUT2D eigenvalue weighted by Gasteiger charge is -2.09. The Morgan fingerprint density at radius 2 is 1.96 bits per heavy atom. The Hall–Kier alpha value is -2.34. The van der Waals surface area contributed by atoms with Gasteiger partial charge in [0.05, 0.1) is 11.6 Å². The number of carbonyl (C=O) groups is 1. The molecule has 3 aromatic rings. The first kappa shape index (κ1) is 16.5. The number of esters is 1. The molecule has 3 rings (SSSR count). The summed E-state index contributed by atoms with van der Waals surface area (Å²) in [4.78, 5) is 11.9. The van der Waals surface area contributed by atoms with Crippen LogP contribution in [0.1, 0.15) is 21.7 Å². The Balaban J connectivity index is 1.94. The Bertz CT molecular complexity index is 900. The molecule has 0 bridgehead atoms. The standard InChI is InChI=1S/C18H14BrFO4/c1-10-17(18(21)22-2)13-7-16(14(19)8-15(13)24-10)23-9-11-3-5-12(20)6-4-11/h3-8H,9H2,1-2H3. The monoisotopic (exact) mass is 392 g/mol. The van der Waals surface area contributed by atoms with Gasteiger partial charge in [-0.2, -0.15) is 0 Å². The summed E-state index contributed by atoms with van der Waals surface area (Å²) in [5, 5.41) is 0.622. The van der Waals surface area contributed by atoms with Crippen molar-refractivity contribution in [3.05, 3.63) is 63.6 Å². The van der Waals surface area contributed by atoms with Crippen LogP contribution in [-0.4, -0.2) is 13.1 Å². The second-order valence-electron chi connectivity index (χ2n) is 5.22. The van der Waals surface area contributed by atoms with Crippen LogP contribution in [0.3, 0.4) is 0 Å². The Morgan fingerprint density at radius 1 is 1.25 bits per heavy atom. The van der Waals surface area contributed by atoms with E-state index in [0.717, 1.165) is 5.56 Å². The van der Waals surface area contributed by atoms with Gasteiger partial charge in [0.1, 0.15) is 35.1 Å². The molecule has 0 atom stereocenters. The van der Waals surface area contributed by atoms with E-state index in [1.54, 1.807) is 31.2 Å². The number of aryl methyl sites for hydroxylation is 1. The Morgan fingerprint density at radius 3 is 2.62 bits per heavy atom. The molecule has 0 saturated heterocycles. The summed E-state index contributed by atoms with van der Waals surface area (Å²) in [7, 11) is 1.32. The maximum atomic E-state index is 12.9. The number of hydrogen-bond donors (Lipinski definition) is 0. The number of methoxy groups -OCH3 is 1. The van der Waals surface area contributed by atoms with Crippen molar-refractivity contribution in [2.75, 3.05) is 7.11 Å². The van der Waals surface area contributed by atoms with Gasteiger partial charge in [0, 0.05) is 5.39 Å². The van der Waals surface area contributed by atoms with Gasteiger partial charge < -0.3 is 13.9 Å². The summed E-state index contributed by atoms with van der Waals surface area (Å²) in [5.41, 5.74) is 1.78. The van der Waals surface area contributed by atoms with E-state index in [4.69, 9.17) is 13.9 Å². The molecule has 2 aromatic carbocycles. The van der Waals surface area contributed by atoms with Gasteiger partial charge in [-0.3, -0.25) is 0 Å². The van der Waals surface area contributed by atoms with Crippen molar-refractivity contribution in [2.24, 2.45) is 0 Å². The zero-order valence-corrected chi connectivity index (χ0v) is 14.6.